The van der Waals surface area contributed by atoms with E-state index >= 15 is 0 Å². The van der Waals surface area contributed by atoms with Crippen LogP contribution in [0.5, 0.6) is 0 Å². The summed E-state index contributed by atoms with van der Waals surface area (Å²) in [6.07, 6.45) is 3.10. The Hall–Kier alpha value is -2.75. The van der Waals surface area contributed by atoms with Crippen molar-refractivity contribution in [1.29, 1.82) is 0 Å². The van der Waals surface area contributed by atoms with E-state index in [-0.39, 0.29) is 23.3 Å². The van der Waals surface area contributed by atoms with Crippen LogP contribution in [0.15, 0.2) is 18.3 Å². The van der Waals surface area contributed by atoms with Crippen molar-refractivity contribution >= 4 is 27.5 Å². The lowest BCUT2D eigenvalue weighted by molar-refractivity contribution is -0.113. The van der Waals surface area contributed by atoms with Crippen LogP contribution in [-0.4, -0.2) is 53.0 Å². The molecule has 26 heavy (non-hydrogen) atoms. The summed E-state index contributed by atoms with van der Waals surface area (Å²) in [5.41, 5.74) is 1.70. The molecule has 0 saturated carbocycles. The molecule has 0 fully saturated rings. The lowest BCUT2D eigenvalue weighted by Crippen LogP contribution is -2.39. The largest absolute Gasteiger partial charge is 0.349 e. The number of nitrogens with one attached hydrogen (secondary N) is 2. The van der Waals surface area contributed by atoms with Crippen molar-refractivity contribution in [3.05, 3.63) is 35.2 Å². The summed E-state index contributed by atoms with van der Waals surface area (Å²) in [6.45, 7) is 3.74. The van der Waals surface area contributed by atoms with Gasteiger partial charge in [-0.2, -0.15) is 9.78 Å². The van der Waals surface area contributed by atoms with Gasteiger partial charge in [-0.25, -0.2) is 13.4 Å². The maximum Gasteiger partial charge on any atom is 0.257 e. The lowest BCUT2D eigenvalue weighted by atomic mass is 10.0. The molecule has 0 radical (unpaired) electrons. The Morgan fingerprint density at radius 2 is 2.15 bits per heavy atom. The Kier molecular flexibility index (Phi) is 4.53. The number of hydrogen-bond donors (Lipinski definition) is 2. The van der Waals surface area contributed by atoms with Gasteiger partial charge >= 0.3 is 0 Å². The molecule has 2 N–H and O–H groups in total. The molecule has 3 heterocycles. The van der Waals surface area contributed by atoms with Crippen molar-refractivity contribution in [3.8, 4) is 5.82 Å². The summed E-state index contributed by atoms with van der Waals surface area (Å²) in [4.78, 5) is 28.8. The van der Waals surface area contributed by atoms with Crippen LogP contribution in [0.2, 0.25) is 0 Å². The first-order chi connectivity index (χ1) is 12.1. The maximum absolute atomic E-state index is 12.4. The smallest absolute Gasteiger partial charge is 0.257 e. The average Bonchev–Trinajstić information content (AvgIpc) is 2.84. The first-order valence-electron chi connectivity index (χ1n) is 7.97. The normalized spacial score (nSPS) is 16.7. The number of anilines is 1. The quantitative estimate of drug-likeness (QED) is 0.786. The maximum atomic E-state index is 12.4. The zero-order valence-electron chi connectivity index (χ0n) is 14.6. The third kappa shape index (κ3) is 3.74. The van der Waals surface area contributed by atoms with Crippen LogP contribution in [-0.2, 0) is 21.1 Å². The predicted octanol–water partition coefficient (Wildman–Crippen LogP) is 0.233. The van der Waals surface area contributed by atoms with Crippen molar-refractivity contribution in [2.75, 3.05) is 17.3 Å². The molecule has 0 saturated heterocycles. The second-order valence-electron chi connectivity index (χ2n) is 6.47. The third-order valence-electron chi connectivity index (χ3n) is 3.83. The number of fused-ring (bicyclic) bond motifs is 1. The van der Waals surface area contributed by atoms with Gasteiger partial charge in [0.05, 0.1) is 5.69 Å². The molecule has 0 bridgehead atoms. The van der Waals surface area contributed by atoms with E-state index in [1.807, 2.05) is 19.9 Å². The molecule has 1 atom stereocenters. The zero-order valence-corrected chi connectivity index (χ0v) is 15.4. The van der Waals surface area contributed by atoms with Crippen molar-refractivity contribution in [2.24, 2.45) is 0 Å². The van der Waals surface area contributed by atoms with Crippen molar-refractivity contribution in [2.45, 2.75) is 26.3 Å². The van der Waals surface area contributed by atoms with E-state index in [4.69, 9.17) is 0 Å². The highest BCUT2D eigenvalue weighted by Crippen LogP contribution is 2.27. The number of aryl methyl sites for hydroxylation is 1. The summed E-state index contributed by atoms with van der Waals surface area (Å²) < 4.78 is 24.1. The van der Waals surface area contributed by atoms with Gasteiger partial charge in [-0.1, -0.05) is 6.07 Å². The fraction of sp³-hybridized carbons (Fsp3) is 0.375. The molecule has 0 spiro atoms. The van der Waals surface area contributed by atoms with Crippen LogP contribution in [0.1, 0.15) is 28.5 Å². The van der Waals surface area contributed by atoms with Crippen LogP contribution >= 0.6 is 0 Å². The number of carbonyl (C=O) groups excluding carboxylic acids is 2. The Bertz CT molecular complexity index is 979. The number of hydrogen-bond acceptors (Lipinski definition) is 6. The molecule has 10 heteroatoms. The highest BCUT2D eigenvalue weighted by atomic mass is 32.2. The van der Waals surface area contributed by atoms with Gasteiger partial charge in [0, 0.05) is 24.9 Å². The standard InChI is InChI=1S/C16H19N5O4S/c1-9-4-5-12(17-7-9)21-15(19-13(22)8-26(3,24)25)14-11(20-21)6-10(2)18-16(14)23/h4-5,7,10H,6,8H2,1-3H3,(H,18,23)(H,19,22)/t10-/m0/s1. The predicted molar refractivity (Wildman–Crippen MR) is 95.1 cm³/mol. The van der Waals surface area contributed by atoms with E-state index < -0.39 is 21.5 Å². The summed E-state index contributed by atoms with van der Waals surface area (Å²) in [7, 11) is -3.51. The molecular weight excluding hydrogens is 358 g/mol. The molecule has 3 rings (SSSR count). The molecule has 1 aliphatic rings. The molecule has 2 aromatic heterocycles. The number of sulfone groups is 1. The van der Waals surface area contributed by atoms with Gasteiger partial charge in [0.25, 0.3) is 5.91 Å². The summed E-state index contributed by atoms with van der Waals surface area (Å²) in [6, 6.07) is 3.44. The zero-order chi connectivity index (χ0) is 19.1. The molecule has 2 aromatic rings. The number of pyridine rings is 1. The van der Waals surface area contributed by atoms with Crippen LogP contribution in [0.25, 0.3) is 5.82 Å². The van der Waals surface area contributed by atoms with Crippen molar-refractivity contribution in [1.82, 2.24) is 20.1 Å². The molecule has 2 amide bonds. The number of aromatic nitrogens is 3. The monoisotopic (exact) mass is 377 g/mol. The average molecular weight is 377 g/mol. The van der Waals surface area contributed by atoms with E-state index in [1.165, 1.54) is 4.68 Å². The fourth-order valence-electron chi connectivity index (χ4n) is 2.75. The van der Waals surface area contributed by atoms with E-state index in [2.05, 4.69) is 20.7 Å². The highest BCUT2D eigenvalue weighted by Gasteiger charge is 2.31. The minimum absolute atomic E-state index is 0.0936. The number of rotatable bonds is 4. The molecule has 9 nitrogen and oxygen atoms in total. The van der Waals surface area contributed by atoms with Gasteiger partial charge < -0.3 is 10.6 Å². The van der Waals surface area contributed by atoms with Crippen molar-refractivity contribution < 1.29 is 18.0 Å². The molecule has 138 valence electrons. The van der Waals surface area contributed by atoms with Gasteiger partial charge in [-0.15, -0.1) is 0 Å². The van der Waals surface area contributed by atoms with Gasteiger partial charge in [0.2, 0.25) is 5.91 Å². The molecule has 0 unspecified atom stereocenters. The van der Waals surface area contributed by atoms with Crippen LogP contribution < -0.4 is 10.6 Å². The number of nitrogens with zero attached hydrogens (tertiary/aromatic N) is 3. The van der Waals surface area contributed by atoms with E-state index in [9.17, 15) is 18.0 Å². The first-order valence-corrected chi connectivity index (χ1v) is 10.0. The molecular formula is C16H19N5O4S. The summed E-state index contributed by atoms with van der Waals surface area (Å²) >= 11 is 0. The Morgan fingerprint density at radius 3 is 2.77 bits per heavy atom. The number of carbonyl (C=O) groups is 2. The van der Waals surface area contributed by atoms with E-state index in [0.29, 0.717) is 17.9 Å². The Balaban J connectivity index is 2.09. The number of amides is 2. The van der Waals surface area contributed by atoms with Gasteiger partial charge in [0.1, 0.15) is 11.3 Å². The molecule has 0 aromatic carbocycles. The van der Waals surface area contributed by atoms with Crippen molar-refractivity contribution in [3.63, 3.8) is 0 Å². The summed E-state index contributed by atoms with van der Waals surface area (Å²) in [5, 5.41) is 9.73. The second-order valence-corrected chi connectivity index (χ2v) is 8.61. The Morgan fingerprint density at radius 1 is 1.42 bits per heavy atom. The minimum Gasteiger partial charge on any atom is -0.349 e. The summed E-state index contributed by atoms with van der Waals surface area (Å²) in [5.74, 6) is -1.26. The second kappa shape index (κ2) is 6.52. The van der Waals surface area contributed by atoms with Gasteiger partial charge in [0.15, 0.2) is 21.5 Å². The minimum atomic E-state index is -3.51. The molecule has 0 aliphatic carbocycles. The fourth-order valence-corrected chi connectivity index (χ4v) is 3.30. The Labute approximate surface area is 150 Å². The third-order valence-corrected chi connectivity index (χ3v) is 4.61. The van der Waals surface area contributed by atoms with E-state index in [0.717, 1.165) is 11.8 Å². The van der Waals surface area contributed by atoms with Gasteiger partial charge in [-0.3, -0.25) is 9.59 Å². The highest BCUT2D eigenvalue weighted by molar-refractivity contribution is 7.91. The van der Waals surface area contributed by atoms with Crippen LogP contribution in [0.3, 0.4) is 0 Å². The molecule has 1 aliphatic heterocycles. The van der Waals surface area contributed by atoms with Gasteiger partial charge in [-0.05, 0) is 25.5 Å². The van der Waals surface area contributed by atoms with E-state index in [1.54, 1.807) is 12.3 Å². The SMILES string of the molecule is Cc1ccc(-n2nc3c(c2NC(=O)CS(C)(=O)=O)C(=O)N[C@@H](C)C3)nc1. The lowest BCUT2D eigenvalue weighted by Gasteiger charge is -2.19. The van der Waals surface area contributed by atoms with Crippen LogP contribution in [0.4, 0.5) is 5.82 Å². The van der Waals surface area contributed by atoms with Crippen LogP contribution in [0, 0.1) is 6.92 Å². The first kappa shape index (κ1) is 18.1. The topological polar surface area (TPSA) is 123 Å².